The van der Waals surface area contributed by atoms with Crippen molar-refractivity contribution in [2.75, 3.05) is 0 Å². The van der Waals surface area contributed by atoms with E-state index in [0.29, 0.717) is 5.82 Å². The highest BCUT2D eigenvalue weighted by atomic mass is 14.9. The first-order valence-corrected chi connectivity index (χ1v) is 13.4. The summed E-state index contributed by atoms with van der Waals surface area (Å²) in [5.41, 5.74) is 10.8. The van der Waals surface area contributed by atoms with Crippen LogP contribution >= 0.6 is 0 Å². The summed E-state index contributed by atoms with van der Waals surface area (Å²) in [5.74, 6) is 0.704. The van der Waals surface area contributed by atoms with E-state index in [1.165, 1.54) is 0 Å². The first-order chi connectivity index (χ1) is 19.8. The summed E-state index contributed by atoms with van der Waals surface area (Å²) in [7, 11) is 0. The molecular formula is C37H25N3. The molecule has 3 nitrogen and oxygen atoms in total. The molecule has 2 aromatic heterocycles. The zero-order chi connectivity index (χ0) is 26.7. The lowest BCUT2D eigenvalue weighted by atomic mass is 9.95. The van der Waals surface area contributed by atoms with Crippen LogP contribution < -0.4 is 0 Å². The minimum absolute atomic E-state index is 0.704. The van der Waals surface area contributed by atoms with Crippen LogP contribution in [0.5, 0.6) is 0 Å². The zero-order valence-electron chi connectivity index (χ0n) is 21.8. The van der Waals surface area contributed by atoms with Gasteiger partial charge in [-0.3, -0.25) is 4.98 Å². The highest BCUT2D eigenvalue weighted by molar-refractivity contribution is 5.93. The van der Waals surface area contributed by atoms with Crippen LogP contribution in [-0.4, -0.2) is 15.0 Å². The lowest BCUT2D eigenvalue weighted by molar-refractivity contribution is 1.18. The Morgan fingerprint density at radius 2 is 1.00 bits per heavy atom. The Kier molecular flexibility index (Phi) is 6.15. The molecule has 0 spiro atoms. The molecule has 7 rings (SSSR count). The molecule has 0 aliphatic rings. The van der Waals surface area contributed by atoms with Crippen LogP contribution in [0, 0.1) is 0 Å². The lowest BCUT2D eigenvalue weighted by Gasteiger charge is -2.11. The van der Waals surface area contributed by atoms with Gasteiger partial charge < -0.3 is 0 Å². The number of para-hydroxylation sites is 1. The van der Waals surface area contributed by atoms with Crippen molar-refractivity contribution in [3.05, 3.63) is 152 Å². The van der Waals surface area contributed by atoms with Crippen LogP contribution in [0.25, 0.3) is 66.9 Å². The second kappa shape index (κ2) is 10.4. The topological polar surface area (TPSA) is 38.7 Å². The smallest absolute Gasteiger partial charge is 0.159 e. The number of nitrogens with zero attached hydrogens (tertiary/aromatic N) is 3. The van der Waals surface area contributed by atoms with E-state index in [0.717, 1.165) is 61.1 Å². The first kappa shape index (κ1) is 23.7. The van der Waals surface area contributed by atoms with Crippen LogP contribution in [0.15, 0.2) is 152 Å². The van der Waals surface area contributed by atoms with Crippen molar-refractivity contribution in [2.45, 2.75) is 0 Å². The maximum atomic E-state index is 5.01. The van der Waals surface area contributed by atoms with Gasteiger partial charge in [-0.15, -0.1) is 0 Å². The predicted octanol–water partition coefficient (Wildman–Crippen LogP) is 9.36. The van der Waals surface area contributed by atoms with Crippen molar-refractivity contribution < 1.29 is 0 Å². The minimum atomic E-state index is 0.704. The fourth-order valence-corrected chi connectivity index (χ4v) is 5.17. The van der Waals surface area contributed by atoms with Crippen LogP contribution in [0.4, 0.5) is 0 Å². The van der Waals surface area contributed by atoms with E-state index in [1.807, 2.05) is 36.7 Å². The van der Waals surface area contributed by atoms with Crippen LogP contribution in [0.3, 0.4) is 0 Å². The quantitative estimate of drug-likeness (QED) is 0.231. The Balaban J connectivity index is 1.28. The maximum Gasteiger partial charge on any atom is 0.159 e. The van der Waals surface area contributed by atoms with Gasteiger partial charge in [0.25, 0.3) is 0 Å². The van der Waals surface area contributed by atoms with Gasteiger partial charge in [-0.05, 0) is 58.1 Å². The van der Waals surface area contributed by atoms with Crippen molar-refractivity contribution in [1.82, 2.24) is 15.0 Å². The summed E-state index contributed by atoms with van der Waals surface area (Å²) in [6.07, 6.45) is 3.69. The molecule has 0 radical (unpaired) electrons. The highest BCUT2D eigenvalue weighted by Gasteiger charge is 2.11. The Labute approximate surface area is 233 Å². The van der Waals surface area contributed by atoms with Gasteiger partial charge in [0.15, 0.2) is 5.82 Å². The average molecular weight is 512 g/mol. The molecule has 0 atom stereocenters. The molecule has 0 bridgehead atoms. The van der Waals surface area contributed by atoms with E-state index in [2.05, 4.69) is 125 Å². The largest absolute Gasteiger partial charge is 0.256 e. The summed E-state index contributed by atoms with van der Waals surface area (Å²) in [5, 5.41) is 1.14. The van der Waals surface area contributed by atoms with Gasteiger partial charge in [-0.1, -0.05) is 109 Å². The Hall–Kier alpha value is -5.41. The van der Waals surface area contributed by atoms with E-state index >= 15 is 0 Å². The number of hydrogen-bond donors (Lipinski definition) is 0. The number of aromatic nitrogens is 3. The molecule has 5 aromatic carbocycles. The van der Waals surface area contributed by atoms with Gasteiger partial charge >= 0.3 is 0 Å². The van der Waals surface area contributed by atoms with Crippen molar-refractivity contribution in [1.29, 1.82) is 0 Å². The maximum absolute atomic E-state index is 5.01. The van der Waals surface area contributed by atoms with Gasteiger partial charge in [0.1, 0.15) is 0 Å². The summed E-state index contributed by atoms with van der Waals surface area (Å²) in [4.78, 5) is 14.3. The highest BCUT2D eigenvalue weighted by Crippen LogP contribution is 2.33. The minimum Gasteiger partial charge on any atom is -0.256 e. The van der Waals surface area contributed by atoms with Crippen LogP contribution in [-0.2, 0) is 0 Å². The third-order valence-electron chi connectivity index (χ3n) is 7.19. The fraction of sp³-hybridized carbons (Fsp3) is 0. The van der Waals surface area contributed by atoms with Gasteiger partial charge in [0, 0.05) is 34.5 Å². The Morgan fingerprint density at radius 1 is 0.375 bits per heavy atom. The van der Waals surface area contributed by atoms with Gasteiger partial charge in [0.05, 0.1) is 11.2 Å². The monoisotopic (exact) mass is 511 g/mol. The molecule has 0 aliphatic carbocycles. The predicted molar refractivity (Wildman–Crippen MR) is 165 cm³/mol. The number of pyridine rings is 1. The molecule has 40 heavy (non-hydrogen) atoms. The first-order valence-electron chi connectivity index (χ1n) is 13.4. The summed E-state index contributed by atoms with van der Waals surface area (Å²) in [6, 6.07) is 48.4. The van der Waals surface area contributed by atoms with E-state index in [9.17, 15) is 0 Å². The van der Waals surface area contributed by atoms with E-state index in [1.54, 1.807) is 0 Å². The van der Waals surface area contributed by atoms with Gasteiger partial charge in [-0.2, -0.15) is 0 Å². The molecule has 188 valence electrons. The number of rotatable bonds is 5. The van der Waals surface area contributed by atoms with E-state index in [4.69, 9.17) is 4.98 Å². The fourth-order valence-electron chi connectivity index (χ4n) is 5.17. The van der Waals surface area contributed by atoms with E-state index < -0.39 is 0 Å². The second-order valence-corrected chi connectivity index (χ2v) is 9.75. The van der Waals surface area contributed by atoms with Gasteiger partial charge in [-0.25, -0.2) is 9.97 Å². The molecule has 3 heteroatoms. The molecular weight excluding hydrogens is 486 g/mol. The normalized spacial score (nSPS) is 11.0. The molecule has 0 fully saturated rings. The number of benzene rings is 5. The van der Waals surface area contributed by atoms with E-state index in [-0.39, 0.29) is 0 Å². The molecule has 0 saturated heterocycles. The summed E-state index contributed by atoms with van der Waals surface area (Å²) < 4.78 is 0. The van der Waals surface area contributed by atoms with Gasteiger partial charge in [0.2, 0.25) is 0 Å². The molecule has 0 unspecified atom stereocenters. The molecule has 0 N–H and O–H groups in total. The number of hydrogen-bond acceptors (Lipinski definition) is 3. The average Bonchev–Trinajstić information content (AvgIpc) is 3.05. The third kappa shape index (κ3) is 4.65. The molecule has 0 saturated carbocycles. The van der Waals surface area contributed by atoms with Crippen molar-refractivity contribution in [3.8, 4) is 56.0 Å². The zero-order valence-corrected chi connectivity index (χ0v) is 21.8. The molecule has 7 aromatic rings. The Bertz CT molecular complexity index is 1870. The summed E-state index contributed by atoms with van der Waals surface area (Å²) >= 11 is 0. The molecule has 0 amide bonds. The molecule has 2 heterocycles. The molecule has 0 aliphatic heterocycles. The SMILES string of the molecule is c1ccc(-c2cc(-c3ccccc3)cc(-c3nccc(-c4ccc(-c5cccc6cccnc56)cc4)n3)c2)cc1. The lowest BCUT2D eigenvalue weighted by Crippen LogP contribution is -1.93. The van der Waals surface area contributed by atoms with Crippen molar-refractivity contribution in [2.24, 2.45) is 0 Å². The standard InChI is InChI=1S/C37H25N3/c1-3-9-26(10-4-1)31-23-32(27-11-5-2-6-12-27)25-33(24-31)37-39-22-20-35(40-37)29-18-16-28(17-19-29)34-15-7-13-30-14-8-21-38-36(30)34/h1-25H. The van der Waals surface area contributed by atoms with Crippen LogP contribution in [0.1, 0.15) is 0 Å². The second-order valence-electron chi connectivity index (χ2n) is 9.75. The Morgan fingerprint density at radius 3 is 1.70 bits per heavy atom. The van der Waals surface area contributed by atoms with Crippen molar-refractivity contribution >= 4 is 10.9 Å². The third-order valence-corrected chi connectivity index (χ3v) is 7.19. The summed E-state index contributed by atoms with van der Waals surface area (Å²) in [6.45, 7) is 0. The van der Waals surface area contributed by atoms with Crippen molar-refractivity contribution in [3.63, 3.8) is 0 Å². The number of fused-ring (bicyclic) bond motifs is 1. The van der Waals surface area contributed by atoms with Crippen LogP contribution in [0.2, 0.25) is 0 Å².